The lowest BCUT2D eigenvalue weighted by Crippen LogP contribution is -2.06. The first-order chi connectivity index (χ1) is 11.6. The minimum absolute atomic E-state index is 0.0662. The number of aromatic nitrogens is 1. The lowest BCUT2D eigenvalue weighted by atomic mass is 10.2. The summed E-state index contributed by atoms with van der Waals surface area (Å²) in [5, 5.41) is 11.6. The zero-order valence-corrected chi connectivity index (χ0v) is 14.6. The van der Waals surface area contributed by atoms with E-state index >= 15 is 0 Å². The van der Waals surface area contributed by atoms with E-state index in [2.05, 4.69) is 0 Å². The van der Waals surface area contributed by atoms with Gasteiger partial charge in [0.25, 0.3) is 0 Å². The molecule has 0 fully saturated rings. The summed E-state index contributed by atoms with van der Waals surface area (Å²) in [5.41, 5.74) is 2.70. The highest BCUT2D eigenvalue weighted by Crippen LogP contribution is 2.35. The van der Waals surface area contributed by atoms with E-state index < -0.39 is 5.97 Å². The van der Waals surface area contributed by atoms with E-state index in [4.69, 9.17) is 21.4 Å². The number of ether oxygens (including phenoxy) is 1. The quantitative estimate of drug-likeness (QED) is 0.680. The maximum Gasteiger partial charge on any atom is 0.303 e. The fourth-order valence-electron chi connectivity index (χ4n) is 2.65. The van der Waals surface area contributed by atoms with Gasteiger partial charge in [-0.25, -0.2) is 0 Å². The van der Waals surface area contributed by atoms with Crippen LogP contribution in [-0.4, -0.2) is 22.8 Å². The molecule has 2 aromatic heterocycles. The first-order valence-electron chi connectivity index (χ1n) is 7.40. The van der Waals surface area contributed by atoms with Gasteiger partial charge in [0.2, 0.25) is 0 Å². The Hall–Kier alpha value is -2.24. The van der Waals surface area contributed by atoms with E-state index in [0.29, 0.717) is 17.2 Å². The Bertz CT molecular complexity index is 855. The molecule has 3 aromatic rings. The van der Waals surface area contributed by atoms with Gasteiger partial charge in [-0.15, -0.1) is 11.3 Å². The largest absolute Gasteiger partial charge is 0.495 e. The van der Waals surface area contributed by atoms with Crippen LogP contribution in [0.2, 0.25) is 5.02 Å². The number of hydrogen-bond donors (Lipinski definition) is 1. The molecule has 6 heteroatoms. The van der Waals surface area contributed by atoms with E-state index in [1.54, 1.807) is 24.5 Å². The van der Waals surface area contributed by atoms with Gasteiger partial charge in [0.15, 0.2) is 0 Å². The molecule has 0 amide bonds. The van der Waals surface area contributed by atoms with Crippen LogP contribution in [0.1, 0.15) is 12.1 Å². The van der Waals surface area contributed by atoms with Gasteiger partial charge < -0.3 is 14.4 Å². The van der Waals surface area contributed by atoms with Crippen LogP contribution in [0.4, 0.5) is 0 Å². The van der Waals surface area contributed by atoms with Gasteiger partial charge in [-0.3, -0.25) is 4.79 Å². The molecule has 0 aliphatic rings. The number of aryl methyl sites for hydroxylation is 1. The summed E-state index contributed by atoms with van der Waals surface area (Å²) in [4.78, 5) is 12.1. The molecule has 0 saturated heterocycles. The summed E-state index contributed by atoms with van der Waals surface area (Å²) >= 11 is 7.82. The van der Waals surface area contributed by atoms with Gasteiger partial charge in [-0.05, 0) is 48.2 Å². The number of methoxy groups -OCH3 is 1. The van der Waals surface area contributed by atoms with E-state index in [9.17, 15) is 4.79 Å². The number of halogens is 1. The zero-order chi connectivity index (χ0) is 17.1. The summed E-state index contributed by atoms with van der Waals surface area (Å²) < 4.78 is 7.51. The molecule has 0 atom stereocenters. The molecule has 3 rings (SSSR count). The molecule has 124 valence electrons. The predicted octanol–water partition coefficient (Wildman–Crippen LogP) is 4.89. The van der Waals surface area contributed by atoms with Crippen LogP contribution in [0.5, 0.6) is 5.75 Å². The number of carboxylic acids is 1. The Morgan fingerprint density at radius 3 is 2.79 bits per heavy atom. The standard InChI is InChI=1S/C18H16ClNO3S/c1-23-16-8-4-12(19)11-15(16)20-13(6-9-18(21)22)5-7-14(20)17-3-2-10-24-17/h2-5,7-8,10-11H,6,9H2,1H3,(H,21,22). The maximum atomic E-state index is 11.0. The summed E-state index contributed by atoms with van der Waals surface area (Å²) in [6, 6.07) is 13.4. The summed E-state index contributed by atoms with van der Waals surface area (Å²) in [6.45, 7) is 0. The van der Waals surface area contributed by atoms with E-state index in [-0.39, 0.29) is 6.42 Å². The van der Waals surface area contributed by atoms with Gasteiger partial charge in [0.05, 0.1) is 29.8 Å². The van der Waals surface area contributed by atoms with Crippen LogP contribution in [0.3, 0.4) is 0 Å². The van der Waals surface area contributed by atoms with Crippen LogP contribution >= 0.6 is 22.9 Å². The molecule has 24 heavy (non-hydrogen) atoms. The minimum Gasteiger partial charge on any atom is -0.495 e. The van der Waals surface area contributed by atoms with Gasteiger partial charge >= 0.3 is 5.97 Å². The molecule has 0 saturated carbocycles. The van der Waals surface area contributed by atoms with E-state index in [0.717, 1.165) is 22.0 Å². The molecule has 1 aromatic carbocycles. The number of aliphatic carboxylic acids is 1. The Balaban J connectivity index is 2.18. The zero-order valence-electron chi connectivity index (χ0n) is 13.0. The average Bonchev–Trinajstić information content (AvgIpc) is 3.21. The first-order valence-corrected chi connectivity index (χ1v) is 8.66. The lowest BCUT2D eigenvalue weighted by Gasteiger charge is -2.16. The smallest absolute Gasteiger partial charge is 0.303 e. The van der Waals surface area contributed by atoms with Crippen molar-refractivity contribution in [2.24, 2.45) is 0 Å². The number of hydrogen-bond acceptors (Lipinski definition) is 3. The Labute approximate surface area is 148 Å². The van der Waals surface area contributed by atoms with Crippen molar-refractivity contribution >= 4 is 28.9 Å². The third-order valence-corrected chi connectivity index (χ3v) is 4.84. The second-order valence-electron chi connectivity index (χ2n) is 5.23. The third kappa shape index (κ3) is 3.32. The molecular formula is C18H16ClNO3S. The Morgan fingerprint density at radius 2 is 2.12 bits per heavy atom. The van der Waals surface area contributed by atoms with E-state index in [1.165, 1.54) is 0 Å². The number of benzene rings is 1. The number of carboxylic acid groups (broad SMARTS) is 1. The number of thiophene rings is 1. The number of rotatable bonds is 6. The highest BCUT2D eigenvalue weighted by molar-refractivity contribution is 7.13. The van der Waals surface area contributed by atoms with Gasteiger partial charge in [-0.2, -0.15) is 0 Å². The van der Waals surface area contributed by atoms with Gasteiger partial charge in [0.1, 0.15) is 5.75 Å². The molecule has 1 N–H and O–H groups in total. The van der Waals surface area contributed by atoms with Crippen molar-refractivity contribution in [1.29, 1.82) is 0 Å². The molecular weight excluding hydrogens is 346 g/mol. The summed E-state index contributed by atoms with van der Waals surface area (Å²) in [7, 11) is 1.61. The molecule has 0 unspecified atom stereocenters. The summed E-state index contributed by atoms with van der Waals surface area (Å²) in [6.07, 6.45) is 0.493. The molecule has 0 aliphatic heterocycles. The van der Waals surface area contributed by atoms with Crippen molar-refractivity contribution < 1.29 is 14.6 Å². The second-order valence-corrected chi connectivity index (χ2v) is 6.62. The fraction of sp³-hybridized carbons (Fsp3) is 0.167. The molecule has 0 radical (unpaired) electrons. The highest BCUT2D eigenvalue weighted by atomic mass is 35.5. The van der Waals surface area contributed by atoms with Crippen LogP contribution in [-0.2, 0) is 11.2 Å². The Kier molecular flexibility index (Phi) is 4.92. The van der Waals surface area contributed by atoms with Crippen molar-refractivity contribution in [3.05, 3.63) is 58.6 Å². The van der Waals surface area contributed by atoms with Crippen molar-refractivity contribution in [1.82, 2.24) is 4.57 Å². The summed E-state index contributed by atoms with van der Waals surface area (Å²) in [5.74, 6) is -0.136. The topological polar surface area (TPSA) is 51.5 Å². The maximum absolute atomic E-state index is 11.0. The van der Waals surface area contributed by atoms with Crippen molar-refractivity contribution in [3.63, 3.8) is 0 Å². The van der Waals surface area contributed by atoms with Crippen molar-refractivity contribution in [2.75, 3.05) is 7.11 Å². The lowest BCUT2D eigenvalue weighted by molar-refractivity contribution is -0.136. The highest BCUT2D eigenvalue weighted by Gasteiger charge is 2.17. The fourth-order valence-corrected chi connectivity index (χ4v) is 3.56. The van der Waals surface area contributed by atoms with Crippen LogP contribution in [0.25, 0.3) is 16.3 Å². The van der Waals surface area contributed by atoms with Crippen molar-refractivity contribution in [2.45, 2.75) is 12.8 Å². The first kappa shape index (κ1) is 16.6. The second kappa shape index (κ2) is 7.11. The number of nitrogens with zero attached hydrogens (tertiary/aromatic N) is 1. The van der Waals surface area contributed by atoms with Crippen LogP contribution < -0.4 is 4.74 Å². The predicted molar refractivity (Wildman–Crippen MR) is 96.6 cm³/mol. The minimum atomic E-state index is -0.821. The normalized spacial score (nSPS) is 10.8. The Morgan fingerprint density at radius 1 is 1.29 bits per heavy atom. The SMILES string of the molecule is COc1ccc(Cl)cc1-n1c(CCC(=O)O)ccc1-c1cccs1. The molecule has 0 aliphatic carbocycles. The van der Waals surface area contributed by atoms with E-state index in [1.807, 2.05) is 46.3 Å². The molecule has 0 spiro atoms. The van der Waals surface area contributed by atoms with Gasteiger partial charge in [-0.1, -0.05) is 17.7 Å². The van der Waals surface area contributed by atoms with Gasteiger partial charge in [0, 0.05) is 10.7 Å². The molecule has 0 bridgehead atoms. The molecule has 4 nitrogen and oxygen atoms in total. The van der Waals surface area contributed by atoms with Crippen LogP contribution in [0.15, 0.2) is 47.8 Å². The monoisotopic (exact) mass is 361 g/mol. The molecule has 2 heterocycles. The van der Waals surface area contributed by atoms with Crippen molar-refractivity contribution in [3.8, 4) is 22.0 Å². The number of carbonyl (C=O) groups is 1. The third-order valence-electron chi connectivity index (χ3n) is 3.71. The average molecular weight is 362 g/mol. The van der Waals surface area contributed by atoms with Crippen LogP contribution in [0, 0.1) is 0 Å².